The Morgan fingerprint density at radius 2 is 2.18 bits per heavy atom. The fourth-order valence-corrected chi connectivity index (χ4v) is 2.61. The highest BCUT2D eigenvalue weighted by Gasteiger charge is 2.39. The zero-order chi connectivity index (χ0) is 12.5. The molecule has 2 rings (SSSR count). The summed E-state index contributed by atoms with van der Waals surface area (Å²) in [4.78, 5) is 12.2. The molecule has 1 amide bonds. The Labute approximate surface area is 103 Å². The van der Waals surface area contributed by atoms with Gasteiger partial charge in [-0.2, -0.15) is 0 Å². The Kier molecular flexibility index (Phi) is 3.73. The van der Waals surface area contributed by atoms with E-state index >= 15 is 0 Å². The third kappa shape index (κ3) is 2.80. The number of amides is 1. The smallest absolute Gasteiger partial charge is 0.224 e. The monoisotopic (exact) mass is 240 g/mol. The van der Waals surface area contributed by atoms with Crippen LogP contribution in [-0.4, -0.2) is 36.7 Å². The summed E-state index contributed by atoms with van der Waals surface area (Å²) in [5, 5.41) is 6.56. The molecular weight excluding hydrogens is 216 g/mol. The normalized spacial score (nSPS) is 42.4. The summed E-state index contributed by atoms with van der Waals surface area (Å²) in [5.74, 6) is 0.306. The van der Waals surface area contributed by atoms with Crippen molar-refractivity contribution >= 4 is 5.91 Å². The fourth-order valence-electron chi connectivity index (χ4n) is 2.61. The van der Waals surface area contributed by atoms with Crippen LogP contribution in [0.1, 0.15) is 40.0 Å². The third-order valence-corrected chi connectivity index (χ3v) is 4.33. The first-order chi connectivity index (χ1) is 8.01. The van der Waals surface area contributed by atoms with E-state index in [0.29, 0.717) is 6.04 Å². The van der Waals surface area contributed by atoms with Crippen LogP contribution in [0.15, 0.2) is 0 Å². The number of hydrogen-bond acceptors (Lipinski definition) is 3. The van der Waals surface area contributed by atoms with Crippen LogP contribution in [0.25, 0.3) is 0 Å². The Morgan fingerprint density at radius 1 is 1.41 bits per heavy atom. The largest absolute Gasteiger partial charge is 0.376 e. The molecule has 2 N–H and O–H groups in total. The second kappa shape index (κ2) is 4.94. The lowest BCUT2D eigenvalue weighted by Crippen LogP contribution is -2.54. The van der Waals surface area contributed by atoms with Crippen molar-refractivity contribution in [1.29, 1.82) is 0 Å². The topological polar surface area (TPSA) is 50.4 Å². The van der Waals surface area contributed by atoms with Crippen molar-refractivity contribution in [2.75, 3.05) is 13.2 Å². The van der Waals surface area contributed by atoms with Crippen LogP contribution < -0.4 is 10.6 Å². The van der Waals surface area contributed by atoms with Crippen molar-refractivity contribution in [2.24, 2.45) is 5.92 Å². The van der Waals surface area contributed by atoms with E-state index < -0.39 is 0 Å². The van der Waals surface area contributed by atoms with E-state index in [2.05, 4.69) is 24.5 Å². The average molecular weight is 240 g/mol. The highest BCUT2D eigenvalue weighted by atomic mass is 16.5. The molecule has 4 heteroatoms. The first-order valence-electron chi connectivity index (χ1n) is 6.68. The molecule has 0 bridgehead atoms. The van der Waals surface area contributed by atoms with E-state index in [-0.39, 0.29) is 23.5 Å². The van der Waals surface area contributed by atoms with Crippen molar-refractivity contribution < 1.29 is 9.53 Å². The molecule has 0 saturated carbocycles. The molecule has 2 saturated heterocycles. The van der Waals surface area contributed by atoms with Crippen LogP contribution in [0.3, 0.4) is 0 Å². The molecule has 2 heterocycles. The zero-order valence-corrected chi connectivity index (χ0v) is 11.1. The number of carbonyl (C=O) groups is 1. The Bertz CT molecular complexity index is 287. The number of piperidine rings is 1. The maximum absolute atomic E-state index is 12.2. The summed E-state index contributed by atoms with van der Waals surface area (Å²) >= 11 is 0. The van der Waals surface area contributed by atoms with Gasteiger partial charge in [0.2, 0.25) is 5.91 Å². The number of nitrogens with one attached hydrogen (secondary N) is 2. The minimum absolute atomic E-state index is 0.113. The van der Waals surface area contributed by atoms with Crippen molar-refractivity contribution in [3.63, 3.8) is 0 Å². The first kappa shape index (κ1) is 12.8. The number of rotatable bonds is 2. The number of hydrogen-bond donors (Lipinski definition) is 2. The third-order valence-electron chi connectivity index (χ3n) is 4.33. The minimum atomic E-state index is -0.180. The number of ether oxygens (including phenoxy) is 1. The van der Waals surface area contributed by atoms with Crippen molar-refractivity contribution in [1.82, 2.24) is 10.6 Å². The zero-order valence-electron chi connectivity index (χ0n) is 11.1. The van der Waals surface area contributed by atoms with E-state index in [1.807, 2.05) is 6.92 Å². The van der Waals surface area contributed by atoms with E-state index in [1.165, 1.54) is 0 Å². The van der Waals surface area contributed by atoms with Crippen molar-refractivity contribution in [2.45, 2.75) is 57.7 Å². The first-order valence-corrected chi connectivity index (χ1v) is 6.68. The van der Waals surface area contributed by atoms with Gasteiger partial charge in [-0.05, 0) is 40.0 Å². The molecule has 0 radical (unpaired) electrons. The van der Waals surface area contributed by atoms with Gasteiger partial charge >= 0.3 is 0 Å². The molecule has 0 spiro atoms. The lowest BCUT2D eigenvalue weighted by Gasteiger charge is -2.33. The summed E-state index contributed by atoms with van der Waals surface area (Å²) in [6, 6.07) is 0.545. The lowest BCUT2D eigenvalue weighted by molar-refractivity contribution is -0.128. The molecule has 0 aliphatic carbocycles. The predicted octanol–water partition coefficient (Wildman–Crippen LogP) is 1.06. The Balaban J connectivity index is 1.88. The molecule has 4 unspecified atom stereocenters. The van der Waals surface area contributed by atoms with Gasteiger partial charge in [-0.15, -0.1) is 0 Å². The van der Waals surface area contributed by atoms with E-state index in [9.17, 15) is 4.79 Å². The Morgan fingerprint density at radius 3 is 2.71 bits per heavy atom. The lowest BCUT2D eigenvalue weighted by atomic mass is 9.90. The van der Waals surface area contributed by atoms with Crippen LogP contribution in [0.4, 0.5) is 0 Å². The molecule has 4 nitrogen and oxygen atoms in total. The summed E-state index contributed by atoms with van der Waals surface area (Å²) in [6.45, 7) is 7.84. The molecule has 17 heavy (non-hydrogen) atoms. The highest BCUT2D eigenvalue weighted by Crippen LogP contribution is 2.26. The van der Waals surface area contributed by atoms with E-state index in [4.69, 9.17) is 4.74 Å². The van der Waals surface area contributed by atoms with Gasteiger partial charge in [-0.25, -0.2) is 0 Å². The van der Waals surface area contributed by atoms with Gasteiger partial charge < -0.3 is 15.4 Å². The molecule has 98 valence electrons. The van der Waals surface area contributed by atoms with Gasteiger partial charge in [-0.3, -0.25) is 4.79 Å². The highest BCUT2D eigenvalue weighted by molar-refractivity contribution is 5.79. The summed E-state index contributed by atoms with van der Waals surface area (Å²) in [6.07, 6.45) is 3.10. The molecule has 0 aromatic carbocycles. The average Bonchev–Trinajstić information content (AvgIpc) is 2.60. The SMILES string of the molecule is CC1CCC(C(=O)NC2(C)CCOC2C)CN1. The van der Waals surface area contributed by atoms with Gasteiger partial charge in [0, 0.05) is 19.2 Å². The van der Waals surface area contributed by atoms with Crippen LogP contribution in [0.2, 0.25) is 0 Å². The molecule has 0 aromatic heterocycles. The summed E-state index contributed by atoms with van der Waals surface area (Å²) < 4.78 is 5.54. The van der Waals surface area contributed by atoms with E-state index in [1.54, 1.807) is 0 Å². The molecule has 4 atom stereocenters. The maximum Gasteiger partial charge on any atom is 0.224 e. The van der Waals surface area contributed by atoms with Crippen LogP contribution in [0, 0.1) is 5.92 Å². The van der Waals surface area contributed by atoms with Crippen LogP contribution >= 0.6 is 0 Å². The van der Waals surface area contributed by atoms with Gasteiger partial charge in [-0.1, -0.05) is 0 Å². The number of carbonyl (C=O) groups excluding carboxylic acids is 1. The van der Waals surface area contributed by atoms with Crippen LogP contribution in [-0.2, 0) is 9.53 Å². The second-order valence-corrected chi connectivity index (χ2v) is 5.75. The van der Waals surface area contributed by atoms with Gasteiger partial charge in [0.25, 0.3) is 0 Å². The van der Waals surface area contributed by atoms with Gasteiger partial charge in [0.15, 0.2) is 0 Å². The summed E-state index contributed by atoms with van der Waals surface area (Å²) in [5.41, 5.74) is -0.180. The molecule has 2 fully saturated rings. The molecular formula is C13H24N2O2. The van der Waals surface area contributed by atoms with Gasteiger partial charge in [0.05, 0.1) is 17.6 Å². The van der Waals surface area contributed by atoms with Crippen molar-refractivity contribution in [3.8, 4) is 0 Å². The quantitative estimate of drug-likeness (QED) is 0.759. The minimum Gasteiger partial charge on any atom is -0.376 e. The van der Waals surface area contributed by atoms with E-state index in [0.717, 1.165) is 32.4 Å². The van der Waals surface area contributed by atoms with Crippen LogP contribution in [0.5, 0.6) is 0 Å². The Hall–Kier alpha value is -0.610. The van der Waals surface area contributed by atoms with Crippen molar-refractivity contribution in [3.05, 3.63) is 0 Å². The fraction of sp³-hybridized carbons (Fsp3) is 0.923. The molecule has 2 aliphatic heterocycles. The summed E-state index contributed by atoms with van der Waals surface area (Å²) in [7, 11) is 0. The maximum atomic E-state index is 12.2. The standard InChI is InChI=1S/C13H24N2O2/c1-9-4-5-11(8-14-9)12(16)15-13(3)6-7-17-10(13)2/h9-11,14H,4-8H2,1-3H3,(H,15,16). The van der Waals surface area contributed by atoms with Gasteiger partial charge in [0.1, 0.15) is 0 Å². The molecule has 2 aliphatic rings. The predicted molar refractivity (Wildman–Crippen MR) is 66.8 cm³/mol. The molecule has 0 aromatic rings. The second-order valence-electron chi connectivity index (χ2n) is 5.75.